The highest BCUT2D eigenvalue weighted by Gasteiger charge is 1.67. The third-order valence-corrected chi connectivity index (χ3v) is 0.687. The van der Waals surface area contributed by atoms with Gasteiger partial charge >= 0.3 is 0 Å². The molecule has 0 fully saturated rings. The van der Waals surface area contributed by atoms with E-state index in [4.69, 9.17) is 5.11 Å². The van der Waals surface area contributed by atoms with Gasteiger partial charge in [-0.1, -0.05) is 19.8 Å². The third-order valence-electron chi connectivity index (χ3n) is 0.687. The van der Waals surface area contributed by atoms with Gasteiger partial charge in [-0.05, 0) is 0 Å². The smallest absolute Gasteiger partial charge is 0.0585 e. The molecule has 0 bridgehead atoms. The minimum Gasteiger partial charge on any atom is -0.566 e. The Balaban J connectivity index is 2.34. The maximum Gasteiger partial charge on any atom is -0.0585 e. The number of hydrogen-bond donors (Lipinski definition) is 1. The monoisotopic (exact) mass is 87.1 g/mol. The molecule has 0 aromatic rings. The average molecular weight is 87.1 g/mol. The fraction of sp³-hybridized carbons (Fsp3) is 0.800. The molecule has 0 aromatic carbocycles. The lowest BCUT2D eigenvalue weighted by molar-refractivity contribution is 0.369. The molecule has 0 aliphatic carbocycles. The molecular weight excluding hydrogens is 76.1 g/mol. The lowest BCUT2D eigenvalue weighted by Crippen LogP contribution is -1.70. The van der Waals surface area contributed by atoms with E-state index in [1.165, 1.54) is 6.61 Å². The Morgan fingerprint density at radius 2 is 2.33 bits per heavy atom. The maximum atomic E-state index is 8.07. The van der Waals surface area contributed by atoms with Crippen LogP contribution in [0.5, 0.6) is 0 Å². The van der Waals surface area contributed by atoms with Gasteiger partial charge < -0.3 is 5.11 Å². The van der Waals surface area contributed by atoms with E-state index in [0.717, 1.165) is 19.3 Å². The van der Waals surface area contributed by atoms with E-state index in [1.54, 1.807) is 0 Å². The van der Waals surface area contributed by atoms with E-state index in [0.29, 0.717) is 0 Å². The van der Waals surface area contributed by atoms with Gasteiger partial charge in [0.1, 0.15) is 0 Å². The molecule has 1 heteroatoms. The van der Waals surface area contributed by atoms with Crippen LogP contribution < -0.4 is 0 Å². The maximum absolute atomic E-state index is 8.07. The summed E-state index contributed by atoms with van der Waals surface area (Å²) in [6, 6.07) is 0. The van der Waals surface area contributed by atoms with Crippen molar-refractivity contribution in [2.75, 3.05) is 0 Å². The van der Waals surface area contributed by atoms with Crippen molar-refractivity contribution in [2.24, 2.45) is 0 Å². The molecule has 0 atom stereocenters. The first kappa shape index (κ1) is 5.96. The summed E-state index contributed by atoms with van der Waals surface area (Å²) >= 11 is 0. The summed E-state index contributed by atoms with van der Waals surface area (Å²) in [7, 11) is 0. The summed E-state index contributed by atoms with van der Waals surface area (Å²) in [6.07, 6.45) is 3.12. The van der Waals surface area contributed by atoms with Gasteiger partial charge in [0, 0.05) is 0 Å². The standard InChI is InChI=1S/C5H11O/c1-2-3-4-5-6/h5-6H,2-4H2,1H3/q-1. The van der Waals surface area contributed by atoms with Crippen LogP contribution in [-0.2, 0) is 0 Å². The van der Waals surface area contributed by atoms with Crippen molar-refractivity contribution in [3.8, 4) is 0 Å². The summed E-state index contributed by atoms with van der Waals surface area (Å²) in [5, 5.41) is 8.07. The topological polar surface area (TPSA) is 20.2 Å². The van der Waals surface area contributed by atoms with Crippen LogP contribution in [0.25, 0.3) is 0 Å². The summed E-state index contributed by atoms with van der Waals surface area (Å²) < 4.78 is 0. The van der Waals surface area contributed by atoms with Crippen molar-refractivity contribution in [3.05, 3.63) is 6.61 Å². The van der Waals surface area contributed by atoms with Crippen LogP contribution in [0.4, 0.5) is 0 Å². The molecule has 0 aliphatic rings. The first-order chi connectivity index (χ1) is 2.91. The van der Waals surface area contributed by atoms with E-state index in [2.05, 4.69) is 6.92 Å². The van der Waals surface area contributed by atoms with Crippen molar-refractivity contribution < 1.29 is 5.11 Å². The summed E-state index contributed by atoms with van der Waals surface area (Å²) in [6.45, 7) is 3.31. The van der Waals surface area contributed by atoms with Crippen LogP contribution in [0.1, 0.15) is 26.2 Å². The highest BCUT2D eigenvalue weighted by atomic mass is 16.2. The van der Waals surface area contributed by atoms with Gasteiger partial charge in [-0.2, -0.15) is 6.42 Å². The fourth-order valence-electron chi connectivity index (χ4n) is 0.295. The van der Waals surface area contributed by atoms with Crippen molar-refractivity contribution in [2.45, 2.75) is 26.2 Å². The molecule has 0 aromatic heterocycles. The second-order valence-corrected chi connectivity index (χ2v) is 1.32. The second-order valence-electron chi connectivity index (χ2n) is 1.32. The predicted molar refractivity (Wildman–Crippen MR) is 25.8 cm³/mol. The van der Waals surface area contributed by atoms with Gasteiger partial charge in [-0.15, -0.1) is 0 Å². The van der Waals surface area contributed by atoms with Crippen LogP contribution in [-0.4, -0.2) is 5.11 Å². The Morgan fingerprint density at radius 1 is 1.67 bits per heavy atom. The molecule has 0 unspecified atom stereocenters. The zero-order valence-electron chi connectivity index (χ0n) is 4.15. The zero-order valence-corrected chi connectivity index (χ0v) is 4.15. The quantitative estimate of drug-likeness (QED) is 0.410. The molecule has 1 N–H and O–H groups in total. The molecule has 0 rings (SSSR count). The highest BCUT2D eigenvalue weighted by molar-refractivity contribution is 4.43. The van der Waals surface area contributed by atoms with Crippen molar-refractivity contribution in [1.82, 2.24) is 0 Å². The molecule has 6 heavy (non-hydrogen) atoms. The van der Waals surface area contributed by atoms with Gasteiger partial charge in [0.25, 0.3) is 0 Å². The summed E-state index contributed by atoms with van der Waals surface area (Å²) in [5.41, 5.74) is 0. The third kappa shape index (κ3) is 3.96. The van der Waals surface area contributed by atoms with Crippen LogP contribution in [0.3, 0.4) is 0 Å². The van der Waals surface area contributed by atoms with E-state index < -0.39 is 0 Å². The lowest BCUT2D eigenvalue weighted by Gasteiger charge is -1.97. The normalized spacial score (nSPS) is 9.00. The van der Waals surface area contributed by atoms with Crippen LogP contribution in [0.2, 0.25) is 0 Å². The van der Waals surface area contributed by atoms with Crippen molar-refractivity contribution in [1.29, 1.82) is 0 Å². The largest absolute Gasteiger partial charge is 0.566 e. The molecule has 0 spiro atoms. The minimum absolute atomic E-state index is 0.844. The molecule has 0 aliphatic heterocycles. The second kappa shape index (κ2) is 4.96. The highest BCUT2D eigenvalue weighted by Crippen LogP contribution is 1.92. The van der Waals surface area contributed by atoms with E-state index in [9.17, 15) is 0 Å². The van der Waals surface area contributed by atoms with E-state index in [-0.39, 0.29) is 0 Å². The predicted octanol–water partition coefficient (Wildman–Crippen LogP) is 1.71. The van der Waals surface area contributed by atoms with Gasteiger partial charge in [0.15, 0.2) is 0 Å². The average Bonchev–Trinajstić information content (AvgIpc) is 1.61. The minimum atomic E-state index is 0.844. The number of aliphatic hydroxyl groups excluding tert-OH is 1. The van der Waals surface area contributed by atoms with Crippen molar-refractivity contribution in [3.63, 3.8) is 0 Å². The lowest BCUT2D eigenvalue weighted by atomic mass is 10.3. The zero-order chi connectivity index (χ0) is 4.83. The molecular formula is C5H11O-. The van der Waals surface area contributed by atoms with Gasteiger partial charge in [0.05, 0.1) is 0 Å². The van der Waals surface area contributed by atoms with E-state index >= 15 is 0 Å². The van der Waals surface area contributed by atoms with Gasteiger partial charge in [0.2, 0.25) is 0 Å². The van der Waals surface area contributed by atoms with Gasteiger partial charge in [-0.3, -0.25) is 0 Å². The number of hydrogen-bond acceptors (Lipinski definition) is 1. The van der Waals surface area contributed by atoms with Crippen molar-refractivity contribution >= 4 is 0 Å². The van der Waals surface area contributed by atoms with Crippen LogP contribution in [0.15, 0.2) is 0 Å². The molecule has 0 amide bonds. The molecule has 0 heterocycles. The van der Waals surface area contributed by atoms with Gasteiger partial charge in [-0.25, -0.2) is 6.61 Å². The fourth-order valence-corrected chi connectivity index (χ4v) is 0.295. The molecule has 0 radical (unpaired) electrons. The summed E-state index contributed by atoms with van der Waals surface area (Å²) in [4.78, 5) is 0. The number of unbranched alkanes of at least 4 members (excludes halogenated alkanes) is 2. The molecule has 1 nitrogen and oxygen atoms in total. The molecule has 0 saturated heterocycles. The Bertz CT molecular complexity index is 15.9. The Labute approximate surface area is 39.0 Å². The number of rotatable bonds is 3. The van der Waals surface area contributed by atoms with Crippen LogP contribution >= 0.6 is 0 Å². The summed E-state index contributed by atoms with van der Waals surface area (Å²) in [5.74, 6) is 0. The van der Waals surface area contributed by atoms with E-state index in [1.807, 2.05) is 0 Å². The Hall–Kier alpha value is -0.0400. The Kier molecular flexibility index (Phi) is 4.93. The number of aliphatic hydroxyl groups is 1. The SMILES string of the molecule is CCCC[CH-]O. The molecule has 0 saturated carbocycles. The molecule has 38 valence electrons. The van der Waals surface area contributed by atoms with Crippen LogP contribution in [0, 0.1) is 6.61 Å². The Morgan fingerprint density at radius 3 is 2.50 bits per heavy atom. The first-order valence-corrected chi connectivity index (χ1v) is 2.37. The first-order valence-electron chi connectivity index (χ1n) is 2.37.